The number of benzene rings is 2. The van der Waals surface area contributed by atoms with Crippen molar-refractivity contribution < 1.29 is 19.4 Å². The van der Waals surface area contributed by atoms with Crippen molar-refractivity contribution in [3.8, 4) is 0 Å². The Bertz CT molecular complexity index is 849. The van der Waals surface area contributed by atoms with E-state index in [0.29, 0.717) is 32.5 Å². The molecule has 0 spiro atoms. The van der Waals surface area contributed by atoms with Gasteiger partial charge in [-0.15, -0.1) is 0 Å². The maximum absolute atomic E-state index is 12.3. The molecule has 0 radical (unpaired) electrons. The predicted octanol–water partition coefficient (Wildman–Crippen LogP) is 3.39. The van der Waals surface area contributed by atoms with Gasteiger partial charge in [-0.05, 0) is 42.0 Å². The van der Waals surface area contributed by atoms with E-state index in [9.17, 15) is 9.59 Å². The maximum Gasteiger partial charge on any atom is 0.317 e. The number of urea groups is 1. The molecule has 0 bridgehead atoms. The van der Waals surface area contributed by atoms with Crippen molar-refractivity contribution in [2.45, 2.75) is 44.4 Å². The molecule has 6 nitrogen and oxygen atoms in total. The molecule has 148 valence electrons. The third kappa shape index (κ3) is 4.12. The predicted molar refractivity (Wildman–Crippen MR) is 106 cm³/mol. The van der Waals surface area contributed by atoms with Crippen LogP contribution in [0.1, 0.15) is 31.2 Å². The number of carboxylic acid groups (broad SMARTS) is 1. The van der Waals surface area contributed by atoms with E-state index in [1.165, 1.54) is 10.8 Å². The molecule has 2 N–H and O–H groups in total. The van der Waals surface area contributed by atoms with Crippen LogP contribution in [-0.2, 0) is 16.1 Å². The minimum atomic E-state index is -0.723. The maximum atomic E-state index is 12.3. The van der Waals surface area contributed by atoms with Crippen LogP contribution in [0.25, 0.3) is 10.8 Å². The fourth-order valence-corrected chi connectivity index (χ4v) is 4.09. The van der Waals surface area contributed by atoms with E-state index >= 15 is 0 Å². The van der Waals surface area contributed by atoms with Gasteiger partial charge in [-0.1, -0.05) is 42.5 Å². The summed E-state index contributed by atoms with van der Waals surface area (Å²) in [6.45, 7) is 1.74. The van der Waals surface area contributed by atoms with Gasteiger partial charge in [0.15, 0.2) is 0 Å². The van der Waals surface area contributed by atoms with Gasteiger partial charge in [0.2, 0.25) is 0 Å². The first-order valence-electron chi connectivity index (χ1n) is 9.96. The fraction of sp³-hybridized carbons (Fsp3) is 0.455. The lowest BCUT2D eigenvalue weighted by atomic mass is 9.86. The lowest BCUT2D eigenvalue weighted by Gasteiger charge is -2.40. The van der Waals surface area contributed by atoms with Crippen LogP contribution in [0.15, 0.2) is 42.5 Å². The number of hydrogen-bond donors (Lipinski definition) is 2. The van der Waals surface area contributed by atoms with Crippen molar-refractivity contribution in [1.29, 1.82) is 0 Å². The van der Waals surface area contributed by atoms with Gasteiger partial charge in [0.1, 0.15) is 0 Å². The molecule has 1 aliphatic carbocycles. The molecule has 2 aromatic rings. The summed E-state index contributed by atoms with van der Waals surface area (Å²) in [5, 5.41) is 14.5. The quantitative estimate of drug-likeness (QED) is 0.831. The molecule has 1 heterocycles. The SMILES string of the molecule is O=C(O)C1CCC(NC(=O)N2CC(OCc3cccc4ccccc34)C2)CC1. The van der Waals surface area contributed by atoms with Crippen LogP contribution in [-0.4, -0.2) is 47.2 Å². The van der Waals surface area contributed by atoms with Crippen LogP contribution in [0, 0.1) is 5.92 Å². The number of aliphatic carboxylic acids is 1. The number of carboxylic acids is 1. The zero-order valence-electron chi connectivity index (χ0n) is 15.8. The van der Waals surface area contributed by atoms with E-state index in [-0.39, 0.29) is 24.1 Å². The molecule has 6 heteroatoms. The molecule has 0 unspecified atom stereocenters. The zero-order chi connectivity index (χ0) is 19.5. The zero-order valence-corrected chi connectivity index (χ0v) is 15.8. The van der Waals surface area contributed by atoms with Gasteiger partial charge in [-0.25, -0.2) is 4.79 Å². The van der Waals surface area contributed by atoms with E-state index in [2.05, 4.69) is 29.6 Å². The number of fused-ring (bicyclic) bond motifs is 1. The number of rotatable bonds is 5. The fourth-order valence-electron chi connectivity index (χ4n) is 4.09. The topological polar surface area (TPSA) is 78.9 Å². The van der Waals surface area contributed by atoms with Gasteiger partial charge < -0.3 is 20.1 Å². The number of carbonyl (C=O) groups excluding carboxylic acids is 1. The monoisotopic (exact) mass is 382 g/mol. The molecule has 2 aromatic carbocycles. The van der Waals surface area contributed by atoms with Gasteiger partial charge >= 0.3 is 12.0 Å². The van der Waals surface area contributed by atoms with Crippen molar-refractivity contribution in [2.75, 3.05) is 13.1 Å². The number of amides is 2. The molecular weight excluding hydrogens is 356 g/mol. The molecule has 4 rings (SSSR count). The van der Waals surface area contributed by atoms with E-state index < -0.39 is 5.97 Å². The molecule has 0 atom stereocenters. The number of hydrogen-bond acceptors (Lipinski definition) is 3. The third-order valence-corrected chi connectivity index (χ3v) is 5.89. The summed E-state index contributed by atoms with van der Waals surface area (Å²) < 4.78 is 6.00. The van der Waals surface area contributed by atoms with Crippen LogP contribution in [0.3, 0.4) is 0 Å². The van der Waals surface area contributed by atoms with Crippen molar-refractivity contribution in [3.63, 3.8) is 0 Å². The molecule has 2 fully saturated rings. The lowest BCUT2D eigenvalue weighted by molar-refractivity contribution is -0.142. The van der Waals surface area contributed by atoms with Crippen molar-refractivity contribution in [2.24, 2.45) is 5.92 Å². The van der Waals surface area contributed by atoms with E-state index in [0.717, 1.165) is 18.4 Å². The number of nitrogens with one attached hydrogen (secondary N) is 1. The highest BCUT2D eigenvalue weighted by Gasteiger charge is 2.33. The average molecular weight is 382 g/mol. The Morgan fingerprint density at radius 1 is 1.04 bits per heavy atom. The van der Waals surface area contributed by atoms with Crippen molar-refractivity contribution in [3.05, 3.63) is 48.0 Å². The summed E-state index contributed by atoms with van der Waals surface area (Å²) >= 11 is 0. The number of ether oxygens (including phenoxy) is 1. The largest absolute Gasteiger partial charge is 0.481 e. The second-order valence-electron chi connectivity index (χ2n) is 7.81. The minimum Gasteiger partial charge on any atom is -0.481 e. The minimum absolute atomic E-state index is 0.0625. The number of carbonyl (C=O) groups is 2. The Labute approximate surface area is 164 Å². The second kappa shape index (κ2) is 8.19. The highest BCUT2D eigenvalue weighted by Crippen LogP contribution is 2.25. The van der Waals surface area contributed by atoms with E-state index in [1.807, 2.05) is 18.2 Å². The van der Waals surface area contributed by atoms with Gasteiger partial charge in [0.25, 0.3) is 0 Å². The number of likely N-dealkylation sites (tertiary alicyclic amines) is 1. The van der Waals surface area contributed by atoms with Gasteiger partial charge in [0, 0.05) is 6.04 Å². The Hall–Kier alpha value is -2.60. The molecular formula is C22H26N2O4. The number of nitrogens with zero attached hydrogens (tertiary/aromatic N) is 1. The van der Waals surface area contributed by atoms with Crippen LogP contribution < -0.4 is 5.32 Å². The summed E-state index contributed by atoms with van der Waals surface area (Å²) in [7, 11) is 0. The van der Waals surface area contributed by atoms with Crippen LogP contribution in [0.5, 0.6) is 0 Å². The molecule has 1 saturated heterocycles. The van der Waals surface area contributed by atoms with Crippen LogP contribution >= 0.6 is 0 Å². The Kier molecular flexibility index (Phi) is 5.48. The summed E-state index contributed by atoms with van der Waals surface area (Å²) in [6.07, 6.45) is 2.80. The first-order valence-corrected chi connectivity index (χ1v) is 9.96. The average Bonchev–Trinajstić information content (AvgIpc) is 2.67. The molecule has 0 aromatic heterocycles. The lowest BCUT2D eigenvalue weighted by Crippen LogP contribution is -2.59. The Morgan fingerprint density at radius 2 is 1.75 bits per heavy atom. The summed E-state index contributed by atoms with van der Waals surface area (Å²) in [6, 6.07) is 14.5. The van der Waals surface area contributed by atoms with Crippen LogP contribution in [0.4, 0.5) is 4.79 Å². The first kappa shape index (κ1) is 18.7. The first-order chi connectivity index (χ1) is 13.6. The van der Waals surface area contributed by atoms with Crippen molar-refractivity contribution in [1.82, 2.24) is 10.2 Å². The molecule has 2 amide bonds. The standard InChI is InChI=1S/C22H26N2O4/c25-21(26)16-8-10-18(11-9-16)23-22(27)24-12-19(13-24)28-14-17-6-3-5-15-4-1-2-7-20(15)17/h1-7,16,18-19H,8-14H2,(H,23,27)(H,25,26). The Morgan fingerprint density at radius 3 is 2.50 bits per heavy atom. The van der Waals surface area contributed by atoms with Gasteiger partial charge in [-0.2, -0.15) is 0 Å². The Balaban J connectivity index is 1.20. The summed E-state index contributed by atoms with van der Waals surface area (Å²) in [5.74, 6) is -0.984. The second-order valence-corrected chi connectivity index (χ2v) is 7.81. The van der Waals surface area contributed by atoms with Crippen LogP contribution in [0.2, 0.25) is 0 Å². The molecule has 28 heavy (non-hydrogen) atoms. The highest BCUT2D eigenvalue weighted by molar-refractivity contribution is 5.85. The van der Waals surface area contributed by atoms with E-state index in [1.54, 1.807) is 4.90 Å². The third-order valence-electron chi connectivity index (χ3n) is 5.89. The summed E-state index contributed by atoms with van der Waals surface area (Å²) in [4.78, 5) is 25.1. The summed E-state index contributed by atoms with van der Waals surface area (Å²) in [5.41, 5.74) is 1.16. The molecule has 2 aliphatic rings. The van der Waals surface area contributed by atoms with Crippen molar-refractivity contribution >= 4 is 22.8 Å². The van der Waals surface area contributed by atoms with Gasteiger partial charge in [-0.3, -0.25) is 4.79 Å². The highest BCUT2D eigenvalue weighted by atomic mass is 16.5. The molecule has 1 aliphatic heterocycles. The normalized spacial score (nSPS) is 22.6. The van der Waals surface area contributed by atoms with E-state index in [4.69, 9.17) is 9.84 Å². The molecule has 1 saturated carbocycles. The van der Waals surface area contributed by atoms with Gasteiger partial charge in [0.05, 0.1) is 31.7 Å². The smallest absolute Gasteiger partial charge is 0.317 e.